The van der Waals surface area contributed by atoms with Crippen LogP contribution < -0.4 is 20.7 Å². The molecule has 0 aliphatic carbocycles. The van der Waals surface area contributed by atoms with Crippen LogP contribution >= 0.6 is 0 Å². The molecule has 1 atom stereocenters. The number of carboxylic acids is 1. The van der Waals surface area contributed by atoms with E-state index in [1.54, 1.807) is 45.0 Å². The van der Waals surface area contributed by atoms with Crippen molar-refractivity contribution < 1.29 is 48.4 Å². The van der Waals surface area contributed by atoms with E-state index in [0.717, 1.165) is 5.56 Å². The number of carboxylic acid groups (broad SMARTS) is 1. The van der Waals surface area contributed by atoms with E-state index in [0.29, 0.717) is 18.4 Å². The van der Waals surface area contributed by atoms with Gasteiger partial charge in [-0.3, -0.25) is 9.59 Å². The molecule has 0 aliphatic rings. The Labute approximate surface area is 272 Å². The van der Waals surface area contributed by atoms with Gasteiger partial charge in [0.25, 0.3) is 0 Å². The summed E-state index contributed by atoms with van der Waals surface area (Å²) < 4.78 is 16.4. The smallest absolute Gasteiger partial charge is 0.408 e. The van der Waals surface area contributed by atoms with Gasteiger partial charge in [0.05, 0.1) is 6.61 Å². The van der Waals surface area contributed by atoms with Crippen LogP contribution in [-0.2, 0) is 36.9 Å². The molecule has 5 N–H and O–H groups in total. The van der Waals surface area contributed by atoms with E-state index in [1.807, 2.05) is 30.3 Å². The number of anilines is 1. The van der Waals surface area contributed by atoms with Crippen LogP contribution in [0, 0.1) is 0 Å². The molecule has 13 nitrogen and oxygen atoms in total. The zero-order valence-corrected chi connectivity index (χ0v) is 26.4. The number of aliphatic carboxylic acids is 1. The van der Waals surface area contributed by atoms with Gasteiger partial charge in [-0.05, 0) is 69.0 Å². The first kappa shape index (κ1) is 35.9. The number of esters is 1. The standard InChI is InChI=1S/C34H39N3O10/c1-34(2,3)47-33(44)37-25(20-22-14-16-24(17-15-22)36-30(40)31(41)42)29(39)35-18-7-8-19-45-27-13-9-12-26(38)28(27)32(43)46-21-23-10-5-4-6-11-23/h4-6,9-17,25,38H,7-8,18-21H2,1-3H3,(H,35,39)(H,36,40)(H,37,44)(H,41,42)/t25-/m0/s1. The number of nitrogens with one attached hydrogen (secondary N) is 3. The summed E-state index contributed by atoms with van der Waals surface area (Å²) in [6, 6.07) is 18.8. The first-order valence-electron chi connectivity index (χ1n) is 14.9. The number of unbranched alkanes of at least 4 members (excludes halogenated alkanes) is 1. The fourth-order valence-corrected chi connectivity index (χ4v) is 4.19. The van der Waals surface area contributed by atoms with Gasteiger partial charge in [0.2, 0.25) is 5.91 Å². The molecule has 13 heteroatoms. The Morgan fingerprint density at radius 3 is 2.21 bits per heavy atom. The van der Waals surface area contributed by atoms with E-state index in [4.69, 9.17) is 19.3 Å². The Bertz CT molecular complexity index is 1540. The highest BCUT2D eigenvalue weighted by molar-refractivity contribution is 6.36. The van der Waals surface area contributed by atoms with Crippen LogP contribution in [-0.4, -0.2) is 64.9 Å². The lowest BCUT2D eigenvalue weighted by molar-refractivity contribution is -0.147. The Balaban J connectivity index is 1.52. The van der Waals surface area contributed by atoms with Crippen LogP contribution in [0.5, 0.6) is 11.5 Å². The Morgan fingerprint density at radius 1 is 0.851 bits per heavy atom. The summed E-state index contributed by atoms with van der Waals surface area (Å²) in [6.45, 7) is 5.56. The Morgan fingerprint density at radius 2 is 1.55 bits per heavy atom. The molecule has 0 saturated heterocycles. The molecule has 3 rings (SSSR count). The SMILES string of the molecule is CC(C)(C)OC(=O)N[C@@H](Cc1ccc(NC(=O)C(=O)O)cc1)C(=O)NCCCCOc1cccc(O)c1C(=O)OCc1ccccc1. The van der Waals surface area contributed by atoms with Gasteiger partial charge < -0.3 is 40.4 Å². The Kier molecular flexibility index (Phi) is 13.1. The van der Waals surface area contributed by atoms with Gasteiger partial charge in [-0.1, -0.05) is 48.5 Å². The van der Waals surface area contributed by atoms with Crippen molar-refractivity contribution in [1.29, 1.82) is 0 Å². The van der Waals surface area contributed by atoms with Crippen molar-refractivity contribution in [3.8, 4) is 11.5 Å². The molecule has 250 valence electrons. The molecule has 0 aromatic heterocycles. The second kappa shape index (κ2) is 17.2. The summed E-state index contributed by atoms with van der Waals surface area (Å²) in [6.07, 6.45) is 0.292. The topological polar surface area (TPSA) is 190 Å². The van der Waals surface area contributed by atoms with Crippen LogP contribution in [0.15, 0.2) is 72.8 Å². The second-order valence-corrected chi connectivity index (χ2v) is 11.4. The van der Waals surface area contributed by atoms with Crippen LogP contribution in [0.25, 0.3) is 0 Å². The number of aromatic hydroxyl groups is 1. The predicted molar refractivity (Wildman–Crippen MR) is 171 cm³/mol. The van der Waals surface area contributed by atoms with Crippen LogP contribution in [0.1, 0.15) is 55.1 Å². The molecule has 0 unspecified atom stereocenters. The lowest BCUT2D eigenvalue weighted by atomic mass is 10.0. The fraction of sp³-hybridized carbons (Fsp3) is 0.324. The molecule has 3 aromatic rings. The highest BCUT2D eigenvalue weighted by atomic mass is 16.6. The molecule has 0 bridgehead atoms. The first-order valence-corrected chi connectivity index (χ1v) is 14.9. The average Bonchev–Trinajstić information content (AvgIpc) is 3.01. The van der Waals surface area contributed by atoms with Crippen LogP contribution in [0.2, 0.25) is 0 Å². The summed E-state index contributed by atoms with van der Waals surface area (Å²) >= 11 is 0. The van der Waals surface area contributed by atoms with E-state index < -0.39 is 41.5 Å². The number of hydrogen-bond acceptors (Lipinski definition) is 9. The number of rotatable bonds is 14. The third-order valence-electron chi connectivity index (χ3n) is 6.40. The summed E-state index contributed by atoms with van der Waals surface area (Å²) in [4.78, 5) is 60.5. The summed E-state index contributed by atoms with van der Waals surface area (Å²) in [7, 11) is 0. The van der Waals surface area contributed by atoms with Crippen molar-refractivity contribution in [3.05, 3.63) is 89.5 Å². The molecule has 0 heterocycles. The van der Waals surface area contributed by atoms with Crippen molar-refractivity contribution in [2.75, 3.05) is 18.5 Å². The van der Waals surface area contributed by atoms with E-state index in [1.165, 1.54) is 18.2 Å². The fourth-order valence-electron chi connectivity index (χ4n) is 4.19. The minimum atomic E-state index is -1.62. The number of alkyl carbamates (subject to hydrolysis) is 1. The monoisotopic (exact) mass is 649 g/mol. The van der Waals surface area contributed by atoms with Crippen molar-refractivity contribution >= 4 is 35.5 Å². The number of hydrogen-bond donors (Lipinski definition) is 5. The quantitative estimate of drug-likeness (QED) is 0.0962. The van der Waals surface area contributed by atoms with Gasteiger partial charge in [0.15, 0.2) is 0 Å². The predicted octanol–water partition coefficient (Wildman–Crippen LogP) is 4.18. The molecule has 3 amide bonds. The van der Waals surface area contributed by atoms with Gasteiger partial charge in [-0.25, -0.2) is 14.4 Å². The number of carbonyl (C=O) groups is 5. The second-order valence-electron chi connectivity index (χ2n) is 11.4. The molecule has 3 aromatic carbocycles. The summed E-state index contributed by atoms with van der Waals surface area (Å²) in [5, 5.41) is 26.7. The lowest BCUT2D eigenvalue weighted by Gasteiger charge is -2.23. The van der Waals surface area contributed by atoms with Gasteiger partial charge >= 0.3 is 23.9 Å². The number of ether oxygens (including phenoxy) is 3. The molecule has 47 heavy (non-hydrogen) atoms. The molecule has 0 spiro atoms. The molecule has 0 aliphatic heterocycles. The highest BCUT2D eigenvalue weighted by Crippen LogP contribution is 2.29. The van der Waals surface area contributed by atoms with Gasteiger partial charge in [-0.2, -0.15) is 0 Å². The van der Waals surface area contributed by atoms with E-state index in [2.05, 4.69) is 16.0 Å². The summed E-state index contributed by atoms with van der Waals surface area (Å²) in [5.41, 5.74) is 0.817. The number of carbonyl (C=O) groups excluding carboxylic acids is 4. The number of phenols is 1. The molecular formula is C34H39N3O10. The molecule has 0 saturated carbocycles. The van der Waals surface area contributed by atoms with Crippen molar-refractivity contribution in [3.63, 3.8) is 0 Å². The third kappa shape index (κ3) is 12.4. The third-order valence-corrected chi connectivity index (χ3v) is 6.40. The van der Waals surface area contributed by atoms with E-state index >= 15 is 0 Å². The van der Waals surface area contributed by atoms with Crippen molar-refractivity contribution in [1.82, 2.24) is 10.6 Å². The zero-order chi connectivity index (χ0) is 34.4. The van der Waals surface area contributed by atoms with E-state index in [9.17, 15) is 29.1 Å². The zero-order valence-electron chi connectivity index (χ0n) is 26.4. The Hall–Kier alpha value is -5.59. The maximum atomic E-state index is 13.1. The van der Waals surface area contributed by atoms with Gasteiger partial charge in [-0.15, -0.1) is 0 Å². The van der Waals surface area contributed by atoms with Gasteiger partial charge in [0, 0.05) is 18.7 Å². The largest absolute Gasteiger partial charge is 0.507 e. The molecular weight excluding hydrogens is 610 g/mol. The first-order chi connectivity index (χ1) is 22.3. The van der Waals surface area contributed by atoms with Crippen LogP contribution in [0.3, 0.4) is 0 Å². The number of phenolic OH excluding ortho intramolecular Hbond substituents is 1. The molecule has 0 fully saturated rings. The molecule has 0 radical (unpaired) electrons. The lowest BCUT2D eigenvalue weighted by Crippen LogP contribution is -2.49. The van der Waals surface area contributed by atoms with E-state index in [-0.39, 0.29) is 48.9 Å². The maximum absolute atomic E-state index is 13.1. The van der Waals surface area contributed by atoms with Crippen molar-refractivity contribution in [2.24, 2.45) is 0 Å². The minimum absolute atomic E-state index is 0.0350. The van der Waals surface area contributed by atoms with Gasteiger partial charge in [0.1, 0.15) is 35.3 Å². The maximum Gasteiger partial charge on any atom is 0.408 e. The normalized spacial score (nSPS) is 11.5. The van der Waals surface area contributed by atoms with Crippen LogP contribution in [0.4, 0.5) is 10.5 Å². The number of benzene rings is 3. The summed E-state index contributed by atoms with van der Waals surface area (Å²) in [5.74, 6) is -4.09. The highest BCUT2D eigenvalue weighted by Gasteiger charge is 2.25. The average molecular weight is 650 g/mol. The number of amides is 3. The minimum Gasteiger partial charge on any atom is -0.507 e. The van der Waals surface area contributed by atoms with Crippen molar-refractivity contribution in [2.45, 2.75) is 58.3 Å².